The van der Waals surface area contributed by atoms with E-state index in [-0.39, 0.29) is 17.7 Å². The number of amides is 1. The highest BCUT2D eigenvalue weighted by Crippen LogP contribution is 2.27. The summed E-state index contributed by atoms with van der Waals surface area (Å²) in [5, 5.41) is 3.83. The van der Waals surface area contributed by atoms with Crippen LogP contribution in [0.5, 0.6) is 5.75 Å². The molecule has 1 amide bonds. The van der Waals surface area contributed by atoms with Crippen LogP contribution < -0.4 is 10.1 Å². The van der Waals surface area contributed by atoms with Crippen molar-refractivity contribution < 1.29 is 23.5 Å². The number of carbonyl (C=O) groups is 2. The molecule has 176 valence electrons. The number of H-pyrrole nitrogens is 1. The molecule has 0 radical (unpaired) electrons. The molecule has 3 aromatic rings. The molecule has 1 heterocycles. The van der Waals surface area contributed by atoms with Crippen molar-refractivity contribution in [1.29, 1.82) is 0 Å². The maximum atomic E-state index is 14.1. The van der Waals surface area contributed by atoms with Crippen molar-refractivity contribution in [2.45, 2.75) is 46.5 Å². The number of ether oxygens (including phenoxy) is 2. The number of hydrogen-bond acceptors (Lipinski definition) is 4. The van der Waals surface area contributed by atoms with Crippen LogP contribution in [0.15, 0.2) is 36.4 Å². The molecule has 0 aliphatic heterocycles. The Labute approximate surface area is 193 Å². The summed E-state index contributed by atoms with van der Waals surface area (Å²) < 4.78 is 24.8. The van der Waals surface area contributed by atoms with Gasteiger partial charge in [0.05, 0.1) is 18.7 Å². The van der Waals surface area contributed by atoms with Gasteiger partial charge in [0.1, 0.15) is 11.6 Å². The Morgan fingerprint density at radius 3 is 2.73 bits per heavy atom. The van der Waals surface area contributed by atoms with Crippen molar-refractivity contribution in [3.8, 4) is 5.75 Å². The van der Waals surface area contributed by atoms with Crippen LogP contribution in [0.4, 0.5) is 4.39 Å². The van der Waals surface area contributed by atoms with E-state index in [0.717, 1.165) is 28.6 Å². The van der Waals surface area contributed by atoms with Crippen LogP contribution in [0, 0.1) is 19.7 Å². The first kappa shape index (κ1) is 24.3. The zero-order valence-electron chi connectivity index (χ0n) is 19.4. The molecular weight excluding hydrogens is 423 g/mol. The molecule has 2 N–H and O–H groups in total. The van der Waals surface area contributed by atoms with Crippen molar-refractivity contribution in [1.82, 2.24) is 10.3 Å². The fourth-order valence-electron chi connectivity index (χ4n) is 3.88. The molecule has 33 heavy (non-hydrogen) atoms. The van der Waals surface area contributed by atoms with E-state index in [1.54, 1.807) is 37.3 Å². The third-order valence-electron chi connectivity index (χ3n) is 5.54. The Bertz CT molecular complexity index is 1120. The van der Waals surface area contributed by atoms with Crippen LogP contribution in [0.25, 0.3) is 10.9 Å². The van der Waals surface area contributed by atoms with Crippen LogP contribution >= 0.6 is 0 Å². The Morgan fingerprint density at radius 1 is 1.12 bits per heavy atom. The molecule has 0 spiro atoms. The van der Waals surface area contributed by atoms with Crippen molar-refractivity contribution >= 4 is 22.8 Å². The van der Waals surface area contributed by atoms with Gasteiger partial charge in [0.2, 0.25) is 0 Å². The van der Waals surface area contributed by atoms with E-state index in [4.69, 9.17) is 9.47 Å². The Balaban J connectivity index is 1.50. The number of rotatable bonds is 11. The van der Waals surface area contributed by atoms with Gasteiger partial charge in [0.15, 0.2) is 0 Å². The van der Waals surface area contributed by atoms with Crippen LogP contribution in [0.1, 0.15) is 53.4 Å². The van der Waals surface area contributed by atoms with Gasteiger partial charge in [-0.15, -0.1) is 0 Å². The second-order valence-electron chi connectivity index (χ2n) is 7.99. The number of esters is 1. The quantitative estimate of drug-likeness (QED) is 0.315. The standard InChI is InChI=1S/C26H31FN2O4/c1-4-32-23(30)10-5-6-15-33-20-9-7-8-19(16-20)26(31)28-14-13-21-18(3)29-25-22(27)12-11-17(2)24(21)25/h7-9,11-12,16,29H,4-6,10,13-15H2,1-3H3,(H,28,31). The number of fused-ring (bicyclic) bond motifs is 1. The highest BCUT2D eigenvalue weighted by Gasteiger charge is 2.14. The van der Waals surface area contributed by atoms with E-state index in [1.807, 2.05) is 13.8 Å². The maximum absolute atomic E-state index is 14.1. The SMILES string of the molecule is CCOC(=O)CCCCOc1cccc(C(=O)NCCc2c(C)[nH]c3c(F)ccc(C)c23)c1. The molecule has 0 unspecified atom stereocenters. The molecule has 0 fully saturated rings. The molecule has 3 rings (SSSR count). The Morgan fingerprint density at radius 2 is 1.94 bits per heavy atom. The predicted octanol–water partition coefficient (Wildman–Crippen LogP) is 5.01. The van der Waals surface area contributed by atoms with Gasteiger partial charge in [-0.3, -0.25) is 9.59 Å². The number of unbranched alkanes of at least 4 members (excludes halogenated alkanes) is 1. The van der Waals surface area contributed by atoms with Gasteiger partial charge >= 0.3 is 5.97 Å². The Kier molecular flexibility index (Phi) is 8.46. The van der Waals surface area contributed by atoms with Crippen LogP contribution in [0.3, 0.4) is 0 Å². The first-order valence-electron chi connectivity index (χ1n) is 11.3. The lowest BCUT2D eigenvalue weighted by Crippen LogP contribution is -2.25. The normalized spacial score (nSPS) is 10.9. The molecule has 6 nitrogen and oxygen atoms in total. The summed E-state index contributed by atoms with van der Waals surface area (Å²) in [6.45, 7) is 6.95. The van der Waals surface area contributed by atoms with Gasteiger partial charge in [-0.25, -0.2) is 4.39 Å². The number of halogens is 1. The molecule has 7 heteroatoms. The molecule has 1 aromatic heterocycles. The smallest absolute Gasteiger partial charge is 0.305 e. The molecule has 0 aliphatic rings. The number of aromatic nitrogens is 1. The van der Waals surface area contributed by atoms with Gasteiger partial charge in [0.25, 0.3) is 5.91 Å². The van der Waals surface area contributed by atoms with Crippen molar-refractivity contribution in [2.24, 2.45) is 0 Å². The summed E-state index contributed by atoms with van der Waals surface area (Å²) in [7, 11) is 0. The van der Waals surface area contributed by atoms with Crippen molar-refractivity contribution in [3.63, 3.8) is 0 Å². The highest BCUT2D eigenvalue weighted by atomic mass is 19.1. The van der Waals surface area contributed by atoms with Crippen molar-refractivity contribution in [2.75, 3.05) is 19.8 Å². The lowest BCUT2D eigenvalue weighted by atomic mass is 10.0. The van der Waals surface area contributed by atoms with E-state index in [1.165, 1.54) is 6.07 Å². The average Bonchev–Trinajstić information content (AvgIpc) is 3.14. The molecule has 0 atom stereocenters. The fraction of sp³-hybridized carbons (Fsp3) is 0.385. The number of nitrogens with one attached hydrogen (secondary N) is 2. The van der Waals surface area contributed by atoms with Crippen LogP contribution in [0.2, 0.25) is 0 Å². The van der Waals surface area contributed by atoms with E-state index < -0.39 is 0 Å². The topological polar surface area (TPSA) is 80.4 Å². The van der Waals surface area contributed by atoms with Gasteiger partial charge in [0, 0.05) is 29.6 Å². The lowest BCUT2D eigenvalue weighted by molar-refractivity contribution is -0.143. The van der Waals surface area contributed by atoms with Gasteiger partial charge in [-0.05, 0) is 75.4 Å². The first-order valence-corrected chi connectivity index (χ1v) is 11.3. The molecule has 0 saturated heterocycles. The maximum Gasteiger partial charge on any atom is 0.305 e. The molecule has 0 aliphatic carbocycles. The van der Waals surface area contributed by atoms with Gasteiger partial charge in [-0.2, -0.15) is 0 Å². The summed E-state index contributed by atoms with van der Waals surface area (Å²) in [6, 6.07) is 10.3. The number of benzene rings is 2. The zero-order valence-corrected chi connectivity index (χ0v) is 19.4. The van der Waals surface area contributed by atoms with E-state index in [9.17, 15) is 14.0 Å². The number of aromatic amines is 1. The zero-order chi connectivity index (χ0) is 23.8. The van der Waals surface area contributed by atoms with Crippen LogP contribution in [-0.2, 0) is 16.0 Å². The number of carbonyl (C=O) groups excluding carboxylic acids is 2. The number of hydrogen-bond donors (Lipinski definition) is 2. The third kappa shape index (κ3) is 6.34. The average molecular weight is 455 g/mol. The summed E-state index contributed by atoms with van der Waals surface area (Å²) in [5.74, 6) is -0.0495. The predicted molar refractivity (Wildman–Crippen MR) is 126 cm³/mol. The van der Waals surface area contributed by atoms with Gasteiger partial charge < -0.3 is 19.8 Å². The van der Waals surface area contributed by atoms with Crippen LogP contribution in [-0.4, -0.2) is 36.6 Å². The van der Waals surface area contributed by atoms with Crippen molar-refractivity contribution in [3.05, 3.63) is 64.6 Å². The van der Waals surface area contributed by atoms with E-state index >= 15 is 0 Å². The molecular formula is C26H31FN2O4. The van der Waals surface area contributed by atoms with E-state index in [0.29, 0.717) is 55.9 Å². The molecule has 0 bridgehead atoms. The highest BCUT2D eigenvalue weighted by molar-refractivity contribution is 5.94. The first-order chi connectivity index (χ1) is 15.9. The number of aryl methyl sites for hydroxylation is 2. The summed E-state index contributed by atoms with van der Waals surface area (Å²) in [6.07, 6.45) is 2.38. The fourth-order valence-corrected chi connectivity index (χ4v) is 3.88. The summed E-state index contributed by atoms with van der Waals surface area (Å²) in [4.78, 5) is 27.1. The monoisotopic (exact) mass is 454 g/mol. The molecule has 0 saturated carbocycles. The minimum atomic E-state index is -0.272. The minimum Gasteiger partial charge on any atom is -0.494 e. The summed E-state index contributed by atoms with van der Waals surface area (Å²) >= 11 is 0. The Hall–Kier alpha value is -3.35. The van der Waals surface area contributed by atoms with Gasteiger partial charge in [-0.1, -0.05) is 12.1 Å². The largest absolute Gasteiger partial charge is 0.494 e. The second-order valence-corrected chi connectivity index (χ2v) is 7.99. The lowest BCUT2D eigenvalue weighted by Gasteiger charge is -2.09. The molecule has 2 aromatic carbocycles. The summed E-state index contributed by atoms with van der Waals surface area (Å²) in [5.41, 5.74) is 3.95. The van der Waals surface area contributed by atoms with E-state index in [2.05, 4.69) is 10.3 Å². The second kappa shape index (κ2) is 11.5. The minimum absolute atomic E-state index is 0.192. The third-order valence-corrected chi connectivity index (χ3v) is 5.54.